The van der Waals surface area contributed by atoms with Crippen LogP contribution in [-0.4, -0.2) is 78.1 Å². The van der Waals surface area contributed by atoms with Gasteiger partial charge in [-0.1, -0.05) is 23.7 Å². The molecule has 166 valence electrons. The molecule has 3 aliphatic rings. The van der Waals surface area contributed by atoms with Crippen LogP contribution in [0.4, 0.5) is 10.5 Å². The van der Waals surface area contributed by atoms with Crippen molar-refractivity contribution in [2.45, 2.75) is 25.4 Å². The standard InChI is InChI=1S/C23H30ClN5O2/c1-26(13-17-3-2-4-21(9-17)27-5-7-31-8-6-27)22-10-18-14-28(15-19(18)11-22)23(30)29-16-20(24)12-25-29/h2-4,9,12,16,18-19,22H,5-8,10-11,13-15H2,1H3/t18-,19+,22-. The summed E-state index contributed by atoms with van der Waals surface area (Å²) in [7, 11) is 2.24. The van der Waals surface area contributed by atoms with Gasteiger partial charge in [-0.05, 0) is 49.4 Å². The number of fused-ring (bicyclic) bond motifs is 1. The fraction of sp³-hybridized carbons (Fsp3) is 0.565. The van der Waals surface area contributed by atoms with E-state index in [4.69, 9.17) is 16.3 Å². The zero-order chi connectivity index (χ0) is 21.4. The van der Waals surface area contributed by atoms with Crippen LogP contribution in [0.3, 0.4) is 0 Å². The van der Waals surface area contributed by atoms with Gasteiger partial charge in [0.2, 0.25) is 0 Å². The second-order valence-corrected chi connectivity index (χ2v) is 9.56. The molecular weight excluding hydrogens is 414 g/mol. The van der Waals surface area contributed by atoms with Gasteiger partial charge in [-0.15, -0.1) is 0 Å². The van der Waals surface area contributed by atoms with Crippen LogP contribution in [0.25, 0.3) is 0 Å². The summed E-state index contributed by atoms with van der Waals surface area (Å²) < 4.78 is 6.84. The van der Waals surface area contributed by atoms with Crippen LogP contribution in [0.1, 0.15) is 18.4 Å². The summed E-state index contributed by atoms with van der Waals surface area (Å²) in [5.74, 6) is 1.14. The molecule has 1 aliphatic carbocycles. The zero-order valence-corrected chi connectivity index (χ0v) is 18.7. The van der Waals surface area contributed by atoms with E-state index in [1.165, 1.54) is 22.1 Å². The lowest BCUT2D eigenvalue weighted by atomic mass is 10.0. The number of ether oxygens (including phenoxy) is 1. The van der Waals surface area contributed by atoms with Crippen molar-refractivity contribution in [1.82, 2.24) is 19.6 Å². The third-order valence-electron chi connectivity index (χ3n) is 7.09. The van der Waals surface area contributed by atoms with Crippen molar-refractivity contribution >= 4 is 23.3 Å². The fourth-order valence-electron chi connectivity index (χ4n) is 5.42. The summed E-state index contributed by atoms with van der Waals surface area (Å²) in [6.07, 6.45) is 5.39. The van der Waals surface area contributed by atoms with Gasteiger partial charge in [-0.25, -0.2) is 4.79 Å². The maximum atomic E-state index is 12.7. The number of rotatable bonds is 4. The summed E-state index contributed by atoms with van der Waals surface area (Å²) in [6, 6.07) is 9.43. The first-order valence-corrected chi connectivity index (χ1v) is 11.6. The lowest BCUT2D eigenvalue weighted by Crippen LogP contribution is -2.36. The average molecular weight is 444 g/mol. The molecule has 3 fully saturated rings. The number of hydrogen-bond donors (Lipinski definition) is 0. The van der Waals surface area contributed by atoms with Crippen LogP contribution in [0.5, 0.6) is 0 Å². The number of aromatic nitrogens is 2. The number of nitrogens with zero attached hydrogens (tertiary/aromatic N) is 5. The molecule has 0 N–H and O–H groups in total. The molecule has 8 heteroatoms. The van der Waals surface area contributed by atoms with E-state index < -0.39 is 0 Å². The van der Waals surface area contributed by atoms with Crippen LogP contribution in [-0.2, 0) is 11.3 Å². The summed E-state index contributed by atoms with van der Waals surface area (Å²) in [5, 5.41) is 4.55. The first-order valence-electron chi connectivity index (χ1n) is 11.2. The third kappa shape index (κ3) is 4.45. The van der Waals surface area contributed by atoms with Gasteiger partial charge in [0.05, 0.1) is 30.6 Å². The van der Waals surface area contributed by atoms with Gasteiger partial charge in [0, 0.05) is 44.5 Å². The van der Waals surface area contributed by atoms with E-state index >= 15 is 0 Å². The number of carbonyl (C=O) groups excluding carboxylic acids is 1. The topological polar surface area (TPSA) is 53.8 Å². The van der Waals surface area contributed by atoms with Crippen LogP contribution in [0, 0.1) is 11.8 Å². The Labute approximate surface area is 188 Å². The molecule has 3 heterocycles. The number of likely N-dealkylation sites (tertiary alicyclic amines) is 1. The molecule has 31 heavy (non-hydrogen) atoms. The SMILES string of the molecule is CN(Cc1cccc(N2CCOCC2)c1)[C@@H]1C[C@@H]2CN(C(=O)n3cc(Cl)cn3)C[C@@H]2C1. The normalized spacial score (nSPS) is 26.0. The van der Waals surface area contributed by atoms with Crippen molar-refractivity contribution in [2.24, 2.45) is 11.8 Å². The number of benzene rings is 1. The van der Waals surface area contributed by atoms with Crippen LogP contribution < -0.4 is 4.90 Å². The zero-order valence-electron chi connectivity index (χ0n) is 18.0. The monoisotopic (exact) mass is 443 g/mol. The van der Waals surface area contributed by atoms with Crippen LogP contribution in [0.2, 0.25) is 5.02 Å². The minimum absolute atomic E-state index is 0.0638. The quantitative estimate of drug-likeness (QED) is 0.726. The molecule has 1 aromatic heterocycles. The highest BCUT2D eigenvalue weighted by molar-refractivity contribution is 6.30. The first-order chi connectivity index (χ1) is 15.1. The molecule has 2 aromatic rings. The molecule has 0 spiro atoms. The Morgan fingerprint density at radius 2 is 1.97 bits per heavy atom. The number of anilines is 1. The van der Waals surface area contributed by atoms with Crippen LogP contribution >= 0.6 is 11.6 Å². The number of amides is 1. The highest BCUT2D eigenvalue weighted by Gasteiger charge is 2.43. The number of halogens is 1. The highest BCUT2D eigenvalue weighted by atomic mass is 35.5. The largest absolute Gasteiger partial charge is 0.378 e. The number of hydrogen-bond acceptors (Lipinski definition) is 5. The second kappa shape index (κ2) is 8.81. The van der Waals surface area contributed by atoms with E-state index in [2.05, 4.69) is 46.2 Å². The molecule has 2 saturated heterocycles. The van der Waals surface area contributed by atoms with Crippen molar-refractivity contribution in [1.29, 1.82) is 0 Å². The predicted molar refractivity (Wildman–Crippen MR) is 121 cm³/mol. The van der Waals surface area contributed by atoms with Crippen molar-refractivity contribution in [3.63, 3.8) is 0 Å². The molecule has 2 aliphatic heterocycles. The van der Waals surface area contributed by atoms with Crippen molar-refractivity contribution in [3.05, 3.63) is 47.2 Å². The van der Waals surface area contributed by atoms with Gasteiger partial charge >= 0.3 is 6.03 Å². The van der Waals surface area contributed by atoms with E-state index in [9.17, 15) is 4.79 Å². The Morgan fingerprint density at radius 1 is 1.23 bits per heavy atom. The highest BCUT2D eigenvalue weighted by Crippen LogP contribution is 2.40. The summed E-state index contributed by atoms with van der Waals surface area (Å²) in [5.41, 5.74) is 2.65. The smallest absolute Gasteiger partial charge is 0.344 e. The third-order valence-corrected chi connectivity index (χ3v) is 7.28. The molecule has 1 amide bonds. The molecule has 0 unspecified atom stereocenters. The summed E-state index contributed by atoms with van der Waals surface area (Å²) >= 11 is 5.91. The molecule has 5 rings (SSSR count). The van der Waals surface area contributed by atoms with E-state index in [1.54, 1.807) is 6.20 Å². The molecular formula is C23H30ClN5O2. The van der Waals surface area contributed by atoms with E-state index in [0.29, 0.717) is 22.9 Å². The van der Waals surface area contributed by atoms with Gasteiger partial charge in [0.25, 0.3) is 0 Å². The van der Waals surface area contributed by atoms with Gasteiger partial charge < -0.3 is 14.5 Å². The maximum Gasteiger partial charge on any atom is 0.344 e. The van der Waals surface area contributed by atoms with Crippen molar-refractivity contribution in [3.8, 4) is 0 Å². The molecule has 1 saturated carbocycles. The van der Waals surface area contributed by atoms with E-state index in [1.807, 2.05) is 4.90 Å². The van der Waals surface area contributed by atoms with Gasteiger partial charge in [-0.2, -0.15) is 9.78 Å². The second-order valence-electron chi connectivity index (χ2n) is 9.12. The van der Waals surface area contributed by atoms with Crippen molar-refractivity contribution < 1.29 is 9.53 Å². The van der Waals surface area contributed by atoms with Gasteiger partial charge in [0.1, 0.15) is 0 Å². The molecule has 0 bridgehead atoms. The minimum Gasteiger partial charge on any atom is -0.378 e. The summed E-state index contributed by atoms with van der Waals surface area (Å²) in [6.45, 7) is 6.13. The Kier molecular flexibility index (Phi) is 5.91. The van der Waals surface area contributed by atoms with Crippen molar-refractivity contribution in [2.75, 3.05) is 51.3 Å². The first kappa shape index (κ1) is 20.8. The Balaban J connectivity index is 1.16. The summed E-state index contributed by atoms with van der Waals surface area (Å²) in [4.78, 5) is 19.5. The Morgan fingerprint density at radius 3 is 2.65 bits per heavy atom. The Bertz CT molecular complexity index is 914. The molecule has 3 atom stereocenters. The lowest BCUT2D eigenvalue weighted by Gasteiger charge is -2.30. The molecule has 7 nitrogen and oxygen atoms in total. The average Bonchev–Trinajstić information content (AvgIpc) is 3.49. The minimum atomic E-state index is -0.0638. The van der Waals surface area contributed by atoms with E-state index in [0.717, 1.165) is 58.8 Å². The number of carbonyl (C=O) groups is 1. The molecule has 1 aromatic carbocycles. The predicted octanol–water partition coefficient (Wildman–Crippen LogP) is 3.18. The van der Waals surface area contributed by atoms with Gasteiger partial charge in [0.15, 0.2) is 0 Å². The number of morpholine rings is 1. The lowest BCUT2D eigenvalue weighted by molar-refractivity contribution is 0.122. The van der Waals surface area contributed by atoms with Gasteiger partial charge in [-0.3, -0.25) is 4.90 Å². The van der Waals surface area contributed by atoms with Crippen LogP contribution in [0.15, 0.2) is 36.7 Å². The maximum absolute atomic E-state index is 12.7. The Hall–Kier alpha value is -2.09. The fourth-order valence-corrected chi connectivity index (χ4v) is 5.56. The van der Waals surface area contributed by atoms with E-state index in [-0.39, 0.29) is 6.03 Å². The molecule has 0 radical (unpaired) electrons.